The Hall–Kier alpha value is -0.650. The molecular formula is C14H28N2O3. The standard InChI is InChI=1S/C14H28N2O3/c1-14(15)7-5-4-6-12(14)13(17)16(8-10-18-2)9-11-19-3/h12H,4-11,15H2,1-3H3. The summed E-state index contributed by atoms with van der Waals surface area (Å²) in [5.74, 6) is 0.0776. The Bertz CT molecular complexity index is 274. The van der Waals surface area contributed by atoms with E-state index in [1.54, 1.807) is 14.2 Å². The predicted molar refractivity (Wildman–Crippen MR) is 74.9 cm³/mol. The number of amides is 1. The molecule has 19 heavy (non-hydrogen) atoms. The fourth-order valence-corrected chi connectivity index (χ4v) is 2.72. The number of methoxy groups -OCH3 is 2. The molecule has 0 bridgehead atoms. The monoisotopic (exact) mass is 272 g/mol. The molecule has 0 heterocycles. The van der Waals surface area contributed by atoms with E-state index in [-0.39, 0.29) is 17.4 Å². The first-order valence-corrected chi connectivity index (χ1v) is 7.08. The summed E-state index contributed by atoms with van der Waals surface area (Å²) in [6.07, 6.45) is 4.02. The Labute approximate surface area is 116 Å². The molecule has 5 nitrogen and oxygen atoms in total. The Morgan fingerprint density at radius 3 is 2.32 bits per heavy atom. The Kier molecular flexibility index (Phi) is 6.75. The highest BCUT2D eigenvalue weighted by Crippen LogP contribution is 2.32. The number of hydrogen-bond acceptors (Lipinski definition) is 4. The van der Waals surface area contributed by atoms with Crippen molar-refractivity contribution in [2.24, 2.45) is 11.7 Å². The SMILES string of the molecule is COCCN(CCOC)C(=O)C1CCCCC1(C)N. The van der Waals surface area contributed by atoms with Gasteiger partial charge in [0.25, 0.3) is 0 Å². The molecule has 1 aliphatic carbocycles. The van der Waals surface area contributed by atoms with Crippen molar-refractivity contribution in [1.29, 1.82) is 0 Å². The quantitative estimate of drug-likeness (QED) is 0.751. The van der Waals surface area contributed by atoms with E-state index in [2.05, 4.69) is 0 Å². The molecule has 1 amide bonds. The van der Waals surface area contributed by atoms with Gasteiger partial charge in [0.05, 0.1) is 19.1 Å². The lowest BCUT2D eigenvalue weighted by atomic mass is 9.74. The van der Waals surface area contributed by atoms with Gasteiger partial charge in [-0.05, 0) is 19.8 Å². The van der Waals surface area contributed by atoms with E-state index in [0.29, 0.717) is 26.3 Å². The number of nitrogens with two attached hydrogens (primary N) is 1. The average molecular weight is 272 g/mol. The van der Waals surface area contributed by atoms with Crippen LogP contribution in [0.4, 0.5) is 0 Å². The van der Waals surface area contributed by atoms with E-state index in [9.17, 15) is 4.79 Å². The van der Waals surface area contributed by atoms with Crippen molar-refractivity contribution >= 4 is 5.91 Å². The van der Waals surface area contributed by atoms with Crippen LogP contribution >= 0.6 is 0 Å². The number of carbonyl (C=O) groups excluding carboxylic acids is 1. The Balaban J connectivity index is 2.67. The molecule has 2 atom stereocenters. The minimum absolute atomic E-state index is 0.0741. The summed E-state index contributed by atoms with van der Waals surface area (Å²) in [6, 6.07) is 0. The largest absolute Gasteiger partial charge is 0.383 e. The third kappa shape index (κ3) is 4.75. The third-order valence-corrected chi connectivity index (χ3v) is 3.99. The van der Waals surface area contributed by atoms with Gasteiger partial charge in [-0.15, -0.1) is 0 Å². The summed E-state index contributed by atoms with van der Waals surface area (Å²) >= 11 is 0. The van der Waals surface area contributed by atoms with Crippen molar-refractivity contribution in [3.8, 4) is 0 Å². The zero-order valence-corrected chi connectivity index (χ0v) is 12.5. The Morgan fingerprint density at radius 1 is 1.26 bits per heavy atom. The van der Waals surface area contributed by atoms with Crippen LogP contribution in [0.3, 0.4) is 0 Å². The maximum absolute atomic E-state index is 12.7. The molecule has 1 rings (SSSR count). The lowest BCUT2D eigenvalue weighted by Crippen LogP contribution is -2.54. The number of hydrogen-bond donors (Lipinski definition) is 1. The van der Waals surface area contributed by atoms with Gasteiger partial charge in [-0.2, -0.15) is 0 Å². The second-order valence-electron chi connectivity index (χ2n) is 5.62. The maximum atomic E-state index is 12.7. The topological polar surface area (TPSA) is 64.8 Å². The highest BCUT2D eigenvalue weighted by atomic mass is 16.5. The van der Waals surface area contributed by atoms with Crippen LogP contribution in [0.25, 0.3) is 0 Å². The summed E-state index contributed by atoms with van der Waals surface area (Å²) in [6.45, 7) is 4.29. The van der Waals surface area contributed by atoms with Crippen molar-refractivity contribution in [3.05, 3.63) is 0 Å². The van der Waals surface area contributed by atoms with E-state index in [0.717, 1.165) is 25.7 Å². The minimum Gasteiger partial charge on any atom is -0.383 e. The molecular weight excluding hydrogens is 244 g/mol. The molecule has 1 saturated carbocycles. The molecule has 0 aromatic rings. The van der Waals surface area contributed by atoms with E-state index in [4.69, 9.17) is 15.2 Å². The molecule has 2 unspecified atom stereocenters. The van der Waals surface area contributed by atoms with Crippen molar-refractivity contribution in [1.82, 2.24) is 4.90 Å². The Morgan fingerprint density at radius 2 is 1.84 bits per heavy atom. The maximum Gasteiger partial charge on any atom is 0.227 e. The lowest BCUT2D eigenvalue weighted by Gasteiger charge is -2.40. The molecule has 2 N–H and O–H groups in total. The summed E-state index contributed by atoms with van der Waals surface area (Å²) in [7, 11) is 3.29. The van der Waals surface area contributed by atoms with Crippen LogP contribution in [0, 0.1) is 5.92 Å². The molecule has 0 saturated heterocycles. The number of ether oxygens (including phenoxy) is 2. The molecule has 0 aromatic carbocycles. The van der Waals surface area contributed by atoms with Crippen molar-refractivity contribution in [2.75, 3.05) is 40.5 Å². The number of nitrogens with zero attached hydrogens (tertiary/aromatic N) is 1. The summed E-state index contributed by atoms with van der Waals surface area (Å²) < 4.78 is 10.2. The van der Waals surface area contributed by atoms with Crippen LogP contribution in [0.2, 0.25) is 0 Å². The van der Waals surface area contributed by atoms with Gasteiger partial charge in [-0.3, -0.25) is 4.79 Å². The van der Waals surface area contributed by atoms with Gasteiger partial charge >= 0.3 is 0 Å². The predicted octanol–water partition coefficient (Wildman–Crippen LogP) is 1.02. The van der Waals surface area contributed by atoms with Gasteiger partial charge in [-0.25, -0.2) is 0 Å². The van der Waals surface area contributed by atoms with Gasteiger partial charge in [0, 0.05) is 32.8 Å². The van der Waals surface area contributed by atoms with Crippen molar-refractivity contribution in [3.63, 3.8) is 0 Å². The van der Waals surface area contributed by atoms with E-state index >= 15 is 0 Å². The molecule has 5 heteroatoms. The van der Waals surface area contributed by atoms with Crippen molar-refractivity contribution < 1.29 is 14.3 Å². The molecule has 0 aliphatic heterocycles. The average Bonchev–Trinajstić information content (AvgIpc) is 2.38. The number of rotatable bonds is 7. The molecule has 0 spiro atoms. The fourth-order valence-electron chi connectivity index (χ4n) is 2.72. The third-order valence-electron chi connectivity index (χ3n) is 3.99. The molecule has 0 radical (unpaired) electrons. The van der Waals surface area contributed by atoms with Gasteiger partial charge in [0.15, 0.2) is 0 Å². The highest BCUT2D eigenvalue weighted by Gasteiger charge is 2.39. The first-order valence-electron chi connectivity index (χ1n) is 7.08. The van der Waals surface area contributed by atoms with Crippen LogP contribution in [0.15, 0.2) is 0 Å². The molecule has 0 aromatic heterocycles. The van der Waals surface area contributed by atoms with Gasteiger partial charge in [-0.1, -0.05) is 12.8 Å². The van der Waals surface area contributed by atoms with E-state index < -0.39 is 0 Å². The lowest BCUT2D eigenvalue weighted by molar-refractivity contribution is -0.140. The van der Waals surface area contributed by atoms with Crippen molar-refractivity contribution in [2.45, 2.75) is 38.1 Å². The second kappa shape index (κ2) is 7.82. The van der Waals surface area contributed by atoms with E-state index in [1.807, 2.05) is 11.8 Å². The molecule has 1 fully saturated rings. The summed E-state index contributed by atoms with van der Waals surface area (Å²) in [4.78, 5) is 14.5. The van der Waals surface area contributed by atoms with Crippen LogP contribution in [0.1, 0.15) is 32.6 Å². The van der Waals surface area contributed by atoms with Crippen LogP contribution < -0.4 is 5.73 Å². The molecule has 112 valence electrons. The smallest absolute Gasteiger partial charge is 0.227 e. The van der Waals surface area contributed by atoms with Gasteiger partial charge in [0.2, 0.25) is 5.91 Å². The summed E-state index contributed by atoms with van der Waals surface area (Å²) in [5.41, 5.74) is 5.93. The fraction of sp³-hybridized carbons (Fsp3) is 0.929. The van der Waals surface area contributed by atoms with E-state index in [1.165, 1.54) is 0 Å². The first kappa shape index (κ1) is 16.4. The molecule has 1 aliphatic rings. The number of carbonyl (C=O) groups is 1. The minimum atomic E-state index is -0.381. The van der Waals surface area contributed by atoms with Gasteiger partial charge in [0.1, 0.15) is 0 Å². The van der Waals surface area contributed by atoms with Crippen LogP contribution in [-0.2, 0) is 14.3 Å². The normalized spacial score (nSPS) is 27.3. The zero-order chi connectivity index (χ0) is 14.3. The zero-order valence-electron chi connectivity index (χ0n) is 12.5. The van der Waals surface area contributed by atoms with Gasteiger partial charge < -0.3 is 20.1 Å². The summed E-state index contributed by atoms with van der Waals surface area (Å²) in [5, 5.41) is 0. The van der Waals surface area contributed by atoms with Crippen LogP contribution in [0.5, 0.6) is 0 Å². The second-order valence-corrected chi connectivity index (χ2v) is 5.62. The first-order chi connectivity index (χ1) is 9.03. The highest BCUT2D eigenvalue weighted by molar-refractivity contribution is 5.80. The van der Waals surface area contributed by atoms with Crippen LogP contribution in [-0.4, -0.2) is 56.9 Å².